The van der Waals surface area contributed by atoms with Crippen molar-refractivity contribution in [1.29, 1.82) is 5.26 Å². The van der Waals surface area contributed by atoms with E-state index in [0.29, 0.717) is 27.1 Å². The third-order valence-electron chi connectivity index (χ3n) is 3.68. The van der Waals surface area contributed by atoms with Crippen molar-refractivity contribution in [3.05, 3.63) is 93.3 Å². The van der Waals surface area contributed by atoms with Crippen molar-refractivity contribution in [2.75, 3.05) is 0 Å². The predicted molar refractivity (Wildman–Crippen MR) is 110 cm³/mol. The van der Waals surface area contributed by atoms with Crippen molar-refractivity contribution in [2.45, 2.75) is 4.90 Å². The van der Waals surface area contributed by atoms with E-state index < -0.39 is 9.84 Å². The summed E-state index contributed by atoms with van der Waals surface area (Å²) in [5.41, 5.74) is 0.502. The highest BCUT2D eigenvalue weighted by Crippen LogP contribution is 2.29. The monoisotopic (exact) mass is 429 g/mol. The van der Waals surface area contributed by atoms with Crippen LogP contribution in [0.4, 0.5) is 0 Å². The SMILES string of the molecule is N#C/C(=C\c1cccc(Oc2cc(Cl)cc(Cl)c2)c1)S(=O)(=O)c1ccccc1. The van der Waals surface area contributed by atoms with E-state index >= 15 is 0 Å². The zero-order valence-corrected chi connectivity index (χ0v) is 16.7. The number of hydrogen-bond donors (Lipinski definition) is 0. The maximum atomic E-state index is 12.7. The first-order chi connectivity index (χ1) is 13.4. The fraction of sp³-hybridized carbons (Fsp3) is 0. The van der Waals surface area contributed by atoms with Crippen LogP contribution in [0.5, 0.6) is 11.5 Å². The van der Waals surface area contributed by atoms with Gasteiger partial charge in [-0.05, 0) is 54.1 Å². The molecule has 0 bridgehead atoms. The first-order valence-electron chi connectivity index (χ1n) is 8.04. The molecule has 4 nitrogen and oxygen atoms in total. The molecule has 0 aliphatic rings. The van der Waals surface area contributed by atoms with E-state index in [0.717, 1.165) is 0 Å². The summed E-state index contributed by atoms with van der Waals surface area (Å²) in [7, 11) is -3.91. The molecule has 0 unspecified atom stereocenters. The summed E-state index contributed by atoms with van der Waals surface area (Å²) in [5, 5.41) is 10.3. The van der Waals surface area contributed by atoms with Gasteiger partial charge in [0.05, 0.1) is 4.90 Å². The Kier molecular flexibility index (Phi) is 6.05. The van der Waals surface area contributed by atoms with Crippen molar-refractivity contribution in [1.82, 2.24) is 0 Å². The zero-order chi connectivity index (χ0) is 20.1. The van der Waals surface area contributed by atoms with Gasteiger partial charge >= 0.3 is 0 Å². The molecule has 3 rings (SSSR count). The maximum Gasteiger partial charge on any atom is 0.216 e. The average Bonchev–Trinajstić information content (AvgIpc) is 2.66. The van der Waals surface area contributed by atoms with Crippen LogP contribution < -0.4 is 4.74 Å². The van der Waals surface area contributed by atoms with Gasteiger partial charge in [0, 0.05) is 10.0 Å². The highest BCUT2D eigenvalue weighted by atomic mass is 35.5. The molecule has 0 aliphatic carbocycles. The predicted octanol–water partition coefficient (Wildman–Crippen LogP) is 6.12. The summed E-state index contributed by atoms with van der Waals surface area (Å²) < 4.78 is 31.1. The summed E-state index contributed by atoms with van der Waals surface area (Å²) in [6, 6.07) is 21.1. The molecule has 7 heteroatoms. The van der Waals surface area contributed by atoms with Crippen LogP contribution in [0, 0.1) is 11.3 Å². The molecule has 0 aliphatic heterocycles. The Bertz CT molecular complexity index is 1160. The van der Waals surface area contributed by atoms with Crippen LogP contribution in [-0.2, 0) is 9.84 Å². The molecule has 0 spiro atoms. The molecule has 0 atom stereocenters. The second-order valence-electron chi connectivity index (χ2n) is 5.72. The lowest BCUT2D eigenvalue weighted by Crippen LogP contribution is -2.03. The number of nitriles is 1. The Balaban J connectivity index is 1.93. The van der Waals surface area contributed by atoms with Crippen LogP contribution in [0.1, 0.15) is 5.56 Å². The van der Waals surface area contributed by atoms with E-state index in [1.165, 1.54) is 18.2 Å². The third kappa shape index (κ3) is 4.73. The van der Waals surface area contributed by atoms with E-state index in [-0.39, 0.29) is 9.80 Å². The molecule has 3 aromatic rings. The van der Waals surface area contributed by atoms with Gasteiger partial charge in [0.15, 0.2) is 0 Å². The third-order valence-corrected chi connectivity index (χ3v) is 5.80. The van der Waals surface area contributed by atoms with Crippen LogP contribution in [0.3, 0.4) is 0 Å². The van der Waals surface area contributed by atoms with Crippen molar-refractivity contribution in [3.8, 4) is 17.6 Å². The smallest absolute Gasteiger partial charge is 0.216 e. The fourth-order valence-corrected chi connectivity index (χ4v) is 4.13. The quantitative estimate of drug-likeness (QED) is 0.457. The highest BCUT2D eigenvalue weighted by Gasteiger charge is 2.20. The molecule has 0 fully saturated rings. The molecule has 0 radical (unpaired) electrons. The van der Waals surface area contributed by atoms with E-state index in [4.69, 9.17) is 27.9 Å². The number of ether oxygens (including phenoxy) is 1. The largest absolute Gasteiger partial charge is 0.457 e. The number of rotatable bonds is 5. The minimum absolute atomic E-state index is 0.0590. The maximum absolute atomic E-state index is 12.7. The zero-order valence-electron chi connectivity index (χ0n) is 14.3. The molecule has 28 heavy (non-hydrogen) atoms. The number of hydrogen-bond acceptors (Lipinski definition) is 4. The van der Waals surface area contributed by atoms with Crippen molar-refractivity contribution in [3.63, 3.8) is 0 Å². The second-order valence-corrected chi connectivity index (χ2v) is 8.51. The van der Waals surface area contributed by atoms with Crippen LogP contribution in [0.25, 0.3) is 6.08 Å². The Labute approximate surface area is 173 Å². The average molecular weight is 430 g/mol. The van der Waals surface area contributed by atoms with E-state index in [9.17, 15) is 13.7 Å². The van der Waals surface area contributed by atoms with Gasteiger partial charge in [0.1, 0.15) is 22.5 Å². The molecule has 0 saturated heterocycles. The van der Waals surface area contributed by atoms with Gasteiger partial charge in [0.2, 0.25) is 9.84 Å². The van der Waals surface area contributed by atoms with Crippen LogP contribution in [0.2, 0.25) is 10.0 Å². The molecule has 0 heterocycles. The summed E-state index contributed by atoms with van der Waals surface area (Å²) in [5.74, 6) is 0.887. The molecule has 0 saturated carbocycles. The van der Waals surface area contributed by atoms with Crippen LogP contribution in [-0.4, -0.2) is 8.42 Å². The lowest BCUT2D eigenvalue weighted by atomic mass is 10.2. The Morgan fingerprint density at radius 2 is 1.57 bits per heavy atom. The lowest BCUT2D eigenvalue weighted by Gasteiger charge is -2.08. The van der Waals surface area contributed by atoms with Crippen molar-refractivity contribution < 1.29 is 13.2 Å². The Morgan fingerprint density at radius 3 is 2.21 bits per heavy atom. The molecular formula is C21H13Cl2NO3S. The standard InChI is InChI=1S/C21H13Cl2NO3S/c22-16-11-17(23)13-19(12-16)27-18-6-4-5-15(9-18)10-21(14-24)28(25,26)20-7-2-1-3-8-20/h1-13H/b21-10+. The van der Waals surface area contributed by atoms with Gasteiger partial charge in [0.25, 0.3) is 0 Å². The summed E-state index contributed by atoms with van der Waals surface area (Å²) >= 11 is 11.9. The number of sulfone groups is 1. The first kappa shape index (κ1) is 20.0. The normalized spacial score (nSPS) is 11.7. The Morgan fingerprint density at radius 1 is 0.893 bits per heavy atom. The van der Waals surface area contributed by atoms with Gasteiger partial charge < -0.3 is 4.74 Å². The van der Waals surface area contributed by atoms with Crippen molar-refractivity contribution in [2.24, 2.45) is 0 Å². The second kappa shape index (κ2) is 8.49. The fourth-order valence-electron chi connectivity index (χ4n) is 2.44. The van der Waals surface area contributed by atoms with E-state index in [1.54, 1.807) is 66.7 Å². The van der Waals surface area contributed by atoms with Crippen molar-refractivity contribution >= 4 is 39.1 Å². The van der Waals surface area contributed by atoms with Gasteiger partial charge in [-0.1, -0.05) is 53.5 Å². The van der Waals surface area contributed by atoms with Gasteiger partial charge in [-0.25, -0.2) is 8.42 Å². The Hall–Kier alpha value is -2.78. The minimum atomic E-state index is -3.91. The molecule has 0 N–H and O–H groups in total. The number of benzene rings is 3. The summed E-state index contributed by atoms with van der Waals surface area (Å²) in [6.07, 6.45) is 1.31. The molecule has 140 valence electrons. The first-order valence-corrected chi connectivity index (χ1v) is 10.3. The molecular weight excluding hydrogens is 417 g/mol. The minimum Gasteiger partial charge on any atom is -0.457 e. The van der Waals surface area contributed by atoms with Crippen LogP contribution >= 0.6 is 23.2 Å². The van der Waals surface area contributed by atoms with Gasteiger partial charge in [-0.3, -0.25) is 0 Å². The number of allylic oxidation sites excluding steroid dienone is 1. The van der Waals surface area contributed by atoms with Gasteiger partial charge in [-0.2, -0.15) is 5.26 Å². The number of halogens is 2. The summed E-state index contributed by atoms with van der Waals surface area (Å²) in [6.45, 7) is 0. The lowest BCUT2D eigenvalue weighted by molar-refractivity contribution is 0.482. The molecule has 0 aromatic heterocycles. The summed E-state index contributed by atoms with van der Waals surface area (Å²) in [4.78, 5) is -0.301. The van der Waals surface area contributed by atoms with Gasteiger partial charge in [-0.15, -0.1) is 0 Å². The highest BCUT2D eigenvalue weighted by molar-refractivity contribution is 7.95. The van der Waals surface area contributed by atoms with E-state index in [1.807, 2.05) is 0 Å². The molecule has 0 amide bonds. The molecule has 3 aromatic carbocycles. The van der Waals surface area contributed by atoms with Crippen LogP contribution in [0.15, 0.2) is 82.6 Å². The topological polar surface area (TPSA) is 67.2 Å². The van der Waals surface area contributed by atoms with E-state index in [2.05, 4.69) is 0 Å². The number of nitrogens with zero attached hydrogens (tertiary/aromatic N) is 1.